The van der Waals surface area contributed by atoms with Crippen LogP contribution in [0.3, 0.4) is 0 Å². The van der Waals surface area contributed by atoms with E-state index in [0.29, 0.717) is 15.9 Å². The Morgan fingerprint density at radius 1 is 1.03 bits per heavy atom. The van der Waals surface area contributed by atoms with Gasteiger partial charge in [0.05, 0.1) is 29.1 Å². The predicted molar refractivity (Wildman–Crippen MR) is 132 cm³/mol. The molecule has 0 fully saturated rings. The van der Waals surface area contributed by atoms with Gasteiger partial charge in [0.15, 0.2) is 0 Å². The molecular formula is C25H23N3O5S. The molecule has 1 amide bonds. The molecule has 0 saturated carbocycles. The summed E-state index contributed by atoms with van der Waals surface area (Å²) in [6, 6.07) is 13.6. The molecule has 9 heteroatoms. The molecule has 2 aromatic carbocycles. The van der Waals surface area contributed by atoms with E-state index in [-0.39, 0.29) is 24.4 Å². The van der Waals surface area contributed by atoms with Crippen molar-refractivity contribution in [3.63, 3.8) is 0 Å². The van der Waals surface area contributed by atoms with E-state index < -0.39 is 23.1 Å². The van der Waals surface area contributed by atoms with Gasteiger partial charge in [-0.2, -0.15) is 0 Å². The van der Waals surface area contributed by atoms with E-state index in [0.717, 1.165) is 15.7 Å². The van der Waals surface area contributed by atoms with Crippen LogP contribution in [0.5, 0.6) is 0 Å². The second kappa shape index (κ2) is 9.48. The summed E-state index contributed by atoms with van der Waals surface area (Å²) in [5.41, 5.74) is 2.10. The van der Waals surface area contributed by atoms with Crippen molar-refractivity contribution in [1.82, 2.24) is 9.13 Å². The standard InChI is InChI=1S/C25H23N3O5S/c1-4-33-24(31)18-7-5-6-8-19(18)26-21(29)14-27-20-9-10-34-22(20)23(30)28(25(27)32)17-12-15(2)11-16(3)13-17/h5-13H,4,14H2,1-3H3,(H,26,29). The lowest BCUT2D eigenvalue weighted by Crippen LogP contribution is -2.40. The Labute approximate surface area is 199 Å². The summed E-state index contributed by atoms with van der Waals surface area (Å²) in [7, 11) is 0. The number of carbonyl (C=O) groups is 2. The van der Waals surface area contributed by atoms with Crippen LogP contribution in [0.25, 0.3) is 15.9 Å². The molecule has 8 nitrogen and oxygen atoms in total. The molecule has 0 atom stereocenters. The highest BCUT2D eigenvalue weighted by Gasteiger charge is 2.19. The van der Waals surface area contributed by atoms with Gasteiger partial charge in [-0.25, -0.2) is 14.2 Å². The van der Waals surface area contributed by atoms with E-state index in [4.69, 9.17) is 4.74 Å². The summed E-state index contributed by atoms with van der Waals surface area (Å²) in [5.74, 6) is -1.07. The van der Waals surface area contributed by atoms with E-state index in [9.17, 15) is 19.2 Å². The van der Waals surface area contributed by atoms with Gasteiger partial charge in [-0.3, -0.25) is 14.2 Å². The van der Waals surface area contributed by atoms with E-state index in [1.54, 1.807) is 54.8 Å². The van der Waals surface area contributed by atoms with Gasteiger partial charge in [-0.15, -0.1) is 11.3 Å². The normalized spacial score (nSPS) is 10.9. The summed E-state index contributed by atoms with van der Waals surface area (Å²) in [6.45, 7) is 5.33. The number of benzene rings is 2. The van der Waals surface area contributed by atoms with Crippen molar-refractivity contribution >= 4 is 39.1 Å². The molecule has 4 rings (SSSR count). The first kappa shape index (κ1) is 23.2. The molecule has 1 N–H and O–H groups in total. The molecular weight excluding hydrogens is 454 g/mol. The number of nitrogens with one attached hydrogen (secondary N) is 1. The number of amides is 1. The average Bonchev–Trinajstić information content (AvgIpc) is 3.27. The number of thiophene rings is 1. The summed E-state index contributed by atoms with van der Waals surface area (Å²) >= 11 is 1.21. The molecule has 0 unspecified atom stereocenters. The Balaban J connectivity index is 1.76. The molecule has 2 heterocycles. The Morgan fingerprint density at radius 3 is 2.44 bits per heavy atom. The summed E-state index contributed by atoms with van der Waals surface area (Å²) in [4.78, 5) is 51.8. The van der Waals surface area contributed by atoms with Gasteiger partial charge in [0.25, 0.3) is 5.56 Å². The zero-order valence-electron chi connectivity index (χ0n) is 19.0. The molecule has 0 bridgehead atoms. The number of aromatic nitrogens is 2. The van der Waals surface area contributed by atoms with Crippen LogP contribution in [-0.4, -0.2) is 27.6 Å². The van der Waals surface area contributed by atoms with E-state index in [1.807, 2.05) is 19.9 Å². The number of para-hydroxylation sites is 1. The van der Waals surface area contributed by atoms with Crippen LogP contribution in [-0.2, 0) is 16.1 Å². The number of nitrogens with zero attached hydrogens (tertiary/aromatic N) is 2. The number of esters is 1. The first-order valence-electron chi connectivity index (χ1n) is 10.7. The van der Waals surface area contributed by atoms with Crippen molar-refractivity contribution in [2.24, 2.45) is 0 Å². The fraction of sp³-hybridized carbons (Fsp3) is 0.200. The Bertz CT molecular complexity index is 1510. The number of hydrogen-bond donors (Lipinski definition) is 1. The third kappa shape index (κ3) is 4.42. The van der Waals surface area contributed by atoms with Gasteiger partial charge < -0.3 is 10.1 Å². The Kier molecular flexibility index (Phi) is 6.47. The molecule has 0 spiro atoms. The molecule has 0 radical (unpaired) electrons. The highest BCUT2D eigenvalue weighted by atomic mass is 32.1. The zero-order valence-corrected chi connectivity index (χ0v) is 19.8. The smallest absolute Gasteiger partial charge is 0.340 e. The van der Waals surface area contributed by atoms with Crippen LogP contribution in [0.4, 0.5) is 5.69 Å². The van der Waals surface area contributed by atoms with Crippen molar-refractivity contribution < 1.29 is 14.3 Å². The average molecular weight is 478 g/mol. The van der Waals surface area contributed by atoms with Gasteiger partial charge in [0, 0.05) is 0 Å². The van der Waals surface area contributed by atoms with E-state index in [2.05, 4.69) is 5.32 Å². The topological polar surface area (TPSA) is 99.4 Å². The lowest BCUT2D eigenvalue weighted by atomic mass is 10.1. The molecule has 0 aliphatic carbocycles. The van der Waals surface area contributed by atoms with Gasteiger partial charge >= 0.3 is 11.7 Å². The summed E-state index contributed by atoms with van der Waals surface area (Å²) < 4.78 is 7.79. The van der Waals surface area contributed by atoms with Crippen LogP contribution in [0, 0.1) is 13.8 Å². The number of hydrogen-bond acceptors (Lipinski definition) is 6. The third-order valence-corrected chi connectivity index (χ3v) is 6.11. The van der Waals surface area contributed by atoms with Crippen LogP contribution < -0.4 is 16.6 Å². The highest BCUT2D eigenvalue weighted by molar-refractivity contribution is 7.17. The fourth-order valence-electron chi connectivity index (χ4n) is 3.86. The van der Waals surface area contributed by atoms with Crippen molar-refractivity contribution in [2.45, 2.75) is 27.3 Å². The maximum atomic E-state index is 13.4. The minimum Gasteiger partial charge on any atom is -0.462 e. The number of carbonyl (C=O) groups excluding carboxylic acids is 2. The second-order valence-electron chi connectivity index (χ2n) is 7.80. The van der Waals surface area contributed by atoms with Crippen molar-refractivity contribution in [3.05, 3.63) is 91.4 Å². The van der Waals surface area contributed by atoms with E-state index in [1.165, 1.54) is 15.9 Å². The third-order valence-electron chi connectivity index (χ3n) is 5.22. The Morgan fingerprint density at radius 2 is 1.74 bits per heavy atom. The quantitative estimate of drug-likeness (QED) is 0.428. The van der Waals surface area contributed by atoms with Crippen molar-refractivity contribution in [1.29, 1.82) is 0 Å². The summed E-state index contributed by atoms with van der Waals surface area (Å²) in [6.07, 6.45) is 0. The number of fused-ring (bicyclic) bond motifs is 1. The zero-order chi connectivity index (χ0) is 24.4. The molecule has 34 heavy (non-hydrogen) atoms. The molecule has 0 aliphatic heterocycles. The number of aryl methyl sites for hydroxylation is 2. The van der Waals surface area contributed by atoms with Crippen molar-refractivity contribution in [2.75, 3.05) is 11.9 Å². The van der Waals surface area contributed by atoms with Crippen molar-refractivity contribution in [3.8, 4) is 5.69 Å². The molecule has 2 aromatic heterocycles. The molecule has 0 saturated heterocycles. The predicted octanol–water partition coefficient (Wildman–Crippen LogP) is 3.65. The number of ether oxygens (including phenoxy) is 1. The monoisotopic (exact) mass is 477 g/mol. The first-order chi connectivity index (χ1) is 16.3. The summed E-state index contributed by atoms with van der Waals surface area (Å²) in [5, 5.41) is 4.40. The lowest BCUT2D eigenvalue weighted by Gasteiger charge is -2.14. The Hall–Kier alpha value is -3.98. The maximum Gasteiger partial charge on any atom is 0.340 e. The molecule has 0 aliphatic rings. The highest BCUT2D eigenvalue weighted by Crippen LogP contribution is 2.19. The van der Waals surface area contributed by atoms with Crippen LogP contribution >= 0.6 is 11.3 Å². The lowest BCUT2D eigenvalue weighted by molar-refractivity contribution is -0.116. The largest absolute Gasteiger partial charge is 0.462 e. The maximum absolute atomic E-state index is 13.4. The fourth-order valence-corrected chi connectivity index (χ4v) is 4.68. The van der Waals surface area contributed by atoms with Gasteiger partial charge in [-0.1, -0.05) is 18.2 Å². The minimum absolute atomic E-state index is 0.201. The van der Waals surface area contributed by atoms with Crippen LogP contribution in [0.2, 0.25) is 0 Å². The molecule has 174 valence electrons. The number of rotatable bonds is 6. The minimum atomic E-state index is -0.616. The SMILES string of the molecule is CCOC(=O)c1ccccc1NC(=O)Cn1c(=O)n(-c2cc(C)cc(C)c2)c(=O)c2sccc21. The van der Waals surface area contributed by atoms with Crippen LogP contribution in [0.15, 0.2) is 63.5 Å². The number of anilines is 1. The van der Waals surface area contributed by atoms with Crippen LogP contribution in [0.1, 0.15) is 28.4 Å². The first-order valence-corrected chi connectivity index (χ1v) is 11.6. The molecule has 4 aromatic rings. The van der Waals surface area contributed by atoms with Gasteiger partial charge in [0.2, 0.25) is 5.91 Å². The second-order valence-corrected chi connectivity index (χ2v) is 8.72. The van der Waals surface area contributed by atoms with Gasteiger partial charge in [0.1, 0.15) is 11.2 Å². The van der Waals surface area contributed by atoms with E-state index >= 15 is 0 Å². The van der Waals surface area contributed by atoms with Gasteiger partial charge in [-0.05, 0) is 67.6 Å².